The predicted octanol–water partition coefficient (Wildman–Crippen LogP) is 0.619. The van der Waals surface area contributed by atoms with Gasteiger partial charge in [-0.25, -0.2) is 4.79 Å². The molecule has 0 aliphatic heterocycles. The number of amides is 1. The van der Waals surface area contributed by atoms with Crippen molar-refractivity contribution in [2.75, 3.05) is 5.48 Å². The lowest BCUT2D eigenvalue weighted by molar-refractivity contribution is -0.141. The van der Waals surface area contributed by atoms with E-state index in [9.17, 15) is 9.59 Å². The molecule has 1 aromatic rings. The number of carboxylic acid groups (broad SMARTS) is 1. The van der Waals surface area contributed by atoms with Crippen LogP contribution in [-0.2, 0) is 16.0 Å². The zero-order chi connectivity index (χ0) is 12.8. The van der Waals surface area contributed by atoms with Gasteiger partial charge >= 0.3 is 5.97 Å². The highest BCUT2D eigenvalue weighted by molar-refractivity contribution is 5.82. The van der Waals surface area contributed by atoms with E-state index in [0.717, 1.165) is 0 Å². The number of anilines is 1. The van der Waals surface area contributed by atoms with Crippen molar-refractivity contribution >= 4 is 17.6 Å². The van der Waals surface area contributed by atoms with Gasteiger partial charge in [0.1, 0.15) is 6.04 Å². The first kappa shape index (κ1) is 13.0. The highest BCUT2D eigenvalue weighted by atomic mass is 16.5. The molecule has 1 atom stereocenters. The van der Waals surface area contributed by atoms with Crippen LogP contribution in [0.2, 0.25) is 0 Å². The lowest BCUT2D eigenvalue weighted by atomic mass is 10.0. The number of nitrogens with one attached hydrogen (secondary N) is 2. The van der Waals surface area contributed by atoms with Crippen LogP contribution in [0, 0.1) is 0 Å². The normalized spacial score (nSPS) is 11.6. The van der Waals surface area contributed by atoms with Gasteiger partial charge < -0.3 is 10.4 Å². The SMILES string of the molecule is CC(=O)N[C@H](Cc1ccccc1NO)C(=O)O. The highest BCUT2D eigenvalue weighted by Crippen LogP contribution is 2.16. The predicted molar refractivity (Wildman–Crippen MR) is 60.8 cm³/mol. The van der Waals surface area contributed by atoms with Gasteiger partial charge in [-0.05, 0) is 11.6 Å². The van der Waals surface area contributed by atoms with Crippen LogP contribution in [0.25, 0.3) is 0 Å². The van der Waals surface area contributed by atoms with Crippen LogP contribution < -0.4 is 10.8 Å². The molecule has 17 heavy (non-hydrogen) atoms. The highest BCUT2D eigenvalue weighted by Gasteiger charge is 2.19. The van der Waals surface area contributed by atoms with Gasteiger partial charge in [0.25, 0.3) is 0 Å². The molecule has 4 N–H and O–H groups in total. The van der Waals surface area contributed by atoms with Crippen LogP contribution in [0.4, 0.5) is 5.69 Å². The number of carboxylic acids is 1. The number of carbonyl (C=O) groups is 2. The second-order valence-corrected chi connectivity index (χ2v) is 3.56. The third kappa shape index (κ3) is 3.76. The number of para-hydroxylation sites is 1. The van der Waals surface area contributed by atoms with Crippen molar-refractivity contribution in [3.63, 3.8) is 0 Å². The van der Waals surface area contributed by atoms with E-state index in [-0.39, 0.29) is 6.42 Å². The monoisotopic (exact) mass is 238 g/mol. The number of benzene rings is 1. The zero-order valence-electron chi connectivity index (χ0n) is 9.30. The lowest BCUT2D eigenvalue weighted by Crippen LogP contribution is -2.41. The van der Waals surface area contributed by atoms with Gasteiger partial charge in [0.15, 0.2) is 0 Å². The summed E-state index contributed by atoms with van der Waals surface area (Å²) in [5.74, 6) is -1.53. The summed E-state index contributed by atoms with van der Waals surface area (Å²) >= 11 is 0. The number of rotatable bonds is 5. The summed E-state index contributed by atoms with van der Waals surface area (Å²) in [6, 6.07) is 5.71. The van der Waals surface area contributed by atoms with Crippen molar-refractivity contribution in [3.8, 4) is 0 Å². The Bertz CT molecular complexity index is 420. The summed E-state index contributed by atoms with van der Waals surface area (Å²) in [4.78, 5) is 21.8. The second-order valence-electron chi connectivity index (χ2n) is 3.56. The Morgan fingerprint density at radius 2 is 2.00 bits per heavy atom. The van der Waals surface area contributed by atoms with Gasteiger partial charge in [0.05, 0.1) is 5.69 Å². The molecule has 6 nitrogen and oxygen atoms in total. The Hall–Kier alpha value is -2.08. The maximum absolute atomic E-state index is 10.9. The fraction of sp³-hybridized carbons (Fsp3) is 0.273. The Morgan fingerprint density at radius 3 is 2.53 bits per heavy atom. The molecule has 0 aromatic heterocycles. The molecule has 1 rings (SSSR count). The first-order valence-electron chi connectivity index (χ1n) is 5.02. The van der Waals surface area contributed by atoms with E-state index in [2.05, 4.69) is 5.32 Å². The summed E-state index contributed by atoms with van der Waals surface area (Å²) < 4.78 is 0. The molecular weight excluding hydrogens is 224 g/mol. The molecule has 0 spiro atoms. The van der Waals surface area contributed by atoms with E-state index in [1.54, 1.807) is 24.3 Å². The van der Waals surface area contributed by atoms with Crippen molar-refractivity contribution < 1.29 is 19.9 Å². The summed E-state index contributed by atoms with van der Waals surface area (Å²) in [6.45, 7) is 1.26. The van der Waals surface area contributed by atoms with E-state index in [0.29, 0.717) is 11.3 Å². The molecule has 1 aromatic carbocycles. The minimum Gasteiger partial charge on any atom is -0.480 e. The zero-order valence-corrected chi connectivity index (χ0v) is 9.30. The molecule has 1 amide bonds. The fourth-order valence-electron chi connectivity index (χ4n) is 1.47. The molecule has 92 valence electrons. The van der Waals surface area contributed by atoms with E-state index in [4.69, 9.17) is 10.3 Å². The van der Waals surface area contributed by atoms with Crippen molar-refractivity contribution in [2.24, 2.45) is 0 Å². The molecule has 0 saturated carbocycles. The minimum atomic E-state index is -1.12. The van der Waals surface area contributed by atoms with E-state index in [1.165, 1.54) is 6.92 Å². The van der Waals surface area contributed by atoms with Crippen molar-refractivity contribution in [3.05, 3.63) is 29.8 Å². The molecule has 0 bridgehead atoms. The van der Waals surface area contributed by atoms with E-state index >= 15 is 0 Å². The second kappa shape index (κ2) is 5.86. The van der Waals surface area contributed by atoms with Gasteiger partial charge in [-0.1, -0.05) is 18.2 Å². The molecule has 0 saturated heterocycles. The van der Waals surface area contributed by atoms with Crippen LogP contribution in [0.3, 0.4) is 0 Å². The molecule has 0 unspecified atom stereocenters. The Labute approximate surface area is 98.2 Å². The average molecular weight is 238 g/mol. The maximum atomic E-state index is 10.9. The van der Waals surface area contributed by atoms with Crippen LogP contribution in [0.5, 0.6) is 0 Å². The van der Waals surface area contributed by atoms with E-state index < -0.39 is 17.9 Å². The third-order valence-electron chi connectivity index (χ3n) is 2.24. The molecule has 0 aliphatic carbocycles. The van der Waals surface area contributed by atoms with Crippen LogP contribution in [-0.4, -0.2) is 28.2 Å². The van der Waals surface area contributed by atoms with Crippen LogP contribution in [0.1, 0.15) is 12.5 Å². The van der Waals surface area contributed by atoms with E-state index in [1.807, 2.05) is 5.48 Å². The number of aliphatic carboxylic acids is 1. The van der Waals surface area contributed by atoms with Crippen LogP contribution >= 0.6 is 0 Å². The third-order valence-corrected chi connectivity index (χ3v) is 2.24. The van der Waals surface area contributed by atoms with Gasteiger partial charge in [0, 0.05) is 13.3 Å². The molecule has 0 radical (unpaired) electrons. The summed E-state index contributed by atoms with van der Waals surface area (Å²) in [7, 11) is 0. The Kier molecular flexibility index (Phi) is 4.47. The quantitative estimate of drug-likeness (QED) is 0.564. The maximum Gasteiger partial charge on any atom is 0.326 e. The van der Waals surface area contributed by atoms with Gasteiger partial charge in [-0.3, -0.25) is 15.5 Å². The minimum absolute atomic E-state index is 0.0959. The van der Waals surface area contributed by atoms with Crippen LogP contribution in [0.15, 0.2) is 24.3 Å². The Morgan fingerprint density at radius 1 is 1.35 bits per heavy atom. The number of hydrogen-bond acceptors (Lipinski definition) is 4. The largest absolute Gasteiger partial charge is 0.480 e. The first-order chi connectivity index (χ1) is 8.04. The van der Waals surface area contributed by atoms with Gasteiger partial charge in [-0.2, -0.15) is 0 Å². The van der Waals surface area contributed by atoms with Crippen molar-refractivity contribution in [1.82, 2.24) is 5.32 Å². The summed E-state index contributed by atoms with van der Waals surface area (Å²) in [6.07, 6.45) is 0.0959. The standard InChI is InChI=1S/C11H14N2O4/c1-7(14)12-10(11(15)16)6-8-4-2-3-5-9(8)13-17/h2-5,10,13,17H,6H2,1H3,(H,12,14)(H,15,16)/t10-/m1/s1. The summed E-state index contributed by atoms with van der Waals surface area (Å²) in [5.41, 5.74) is 3.02. The molecule has 6 heteroatoms. The topological polar surface area (TPSA) is 98.7 Å². The average Bonchev–Trinajstić information content (AvgIpc) is 2.28. The number of hydrogen-bond donors (Lipinski definition) is 4. The first-order valence-corrected chi connectivity index (χ1v) is 5.02. The Balaban J connectivity index is 2.85. The molecule has 0 aliphatic rings. The molecular formula is C11H14N2O4. The van der Waals surface area contributed by atoms with Gasteiger partial charge in [-0.15, -0.1) is 0 Å². The lowest BCUT2D eigenvalue weighted by Gasteiger charge is -2.15. The smallest absolute Gasteiger partial charge is 0.326 e. The van der Waals surface area contributed by atoms with Gasteiger partial charge in [0.2, 0.25) is 5.91 Å². The molecule has 0 fully saturated rings. The van der Waals surface area contributed by atoms with Crippen molar-refractivity contribution in [2.45, 2.75) is 19.4 Å². The van der Waals surface area contributed by atoms with Crippen molar-refractivity contribution in [1.29, 1.82) is 0 Å². The number of carbonyl (C=O) groups excluding carboxylic acids is 1. The fourth-order valence-corrected chi connectivity index (χ4v) is 1.47. The molecule has 0 heterocycles. The summed E-state index contributed by atoms with van der Waals surface area (Å²) in [5, 5.41) is 20.1.